The van der Waals surface area contributed by atoms with E-state index in [1.54, 1.807) is 0 Å². The molecule has 0 saturated heterocycles. The summed E-state index contributed by atoms with van der Waals surface area (Å²) in [6, 6.07) is 0. The lowest BCUT2D eigenvalue weighted by atomic mass is 10.0. The SMILES string of the molecule is CCCCCCCCCCCCCCCCCCC(=O)O[C@H](COC(=O)CCCCCCCCCC(C)C)COC(=O)CCCCCCCCC(C)C. The molecular weight excluding hydrogens is 661 g/mol. The molecule has 0 radical (unpaired) electrons. The summed E-state index contributed by atoms with van der Waals surface area (Å²) in [4.78, 5) is 37.7. The van der Waals surface area contributed by atoms with E-state index in [9.17, 15) is 14.4 Å². The number of carbonyl (C=O) groups is 3. The van der Waals surface area contributed by atoms with E-state index in [1.807, 2.05) is 0 Å². The first-order valence-electron chi connectivity index (χ1n) is 23.2. The Bertz CT molecular complexity index is 809. The summed E-state index contributed by atoms with van der Waals surface area (Å²) in [5, 5.41) is 0. The van der Waals surface area contributed by atoms with E-state index in [1.165, 1.54) is 141 Å². The fraction of sp³-hybridized carbons (Fsp3) is 0.936. The predicted molar refractivity (Wildman–Crippen MR) is 224 cm³/mol. The molecule has 0 unspecified atom stereocenters. The lowest BCUT2D eigenvalue weighted by Gasteiger charge is -2.18. The van der Waals surface area contributed by atoms with Gasteiger partial charge in [0, 0.05) is 19.3 Å². The molecule has 0 aliphatic carbocycles. The third-order valence-electron chi connectivity index (χ3n) is 10.5. The van der Waals surface area contributed by atoms with Crippen LogP contribution in [0, 0.1) is 11.8 Å². The zero-order valence-electron chi connectivity index (χ0n) is 36.1. The maximum atomic E-state index is 12.7. The molecule has 0 aromatic carbocycles. The lowest BCUT2D eigenvalue weighted by molar-refractivity contribution is -0.167. The Morgan fingerprint density at radius 3 is 0.925 bits per heavy atom. The zero-order valence-corrected chi connectivity index (χ0v) is 36.1. The average Bonchev–Trinajstić information content (AvgIpc) is 3.12. The van der Waals surface area contributed by atoms with Gasteiger partial charge in [-0.05, 0) is 31.1 Å². The summed E-state index contributed by atoms with van der Waals surface area (Å²) >= 11 is 0. The molecule has 0 N–H and O–H groups in total. The molecule has 1 atom stereocenters. The molecule has 0 rings (SSSR count). The molecule has 53 heavy (non-hydrogen) atoms. The number of esters is 3. The Morgan fingerprint density at radius 1 is 0.358 bits per heavy atom. The summed E-state index contributed by atoms with van der Waals surface area (Å²) < 4.78 is 16.7. The van der Waals surface area contributed by atoms with Crippen molar-refractivity contribution >= 4 is 17.9 Å². The average molecular weight is 751 g/mol. The van der Waals surface area contributed by atoms with Crippen LogP contribution >= 0.6 is 0 Å². The van der Waals surface area contributed by atoms with Crippen molar-refractivity contribution in [3.63, 3.8) is 0 Å². The van der Waals surface area contributed by atoms with Crippen molar-refractivity contribution in [2.45, 2.75) is 259 Å². The summed E-state index contributed by atoms with van der Waals surface area (Å²) in [6.07, 6.45) is 38.2. The fourth-order valence-corrected chi connectivity index (χ4v) is 6.93. The maximum absolute atomic E-state index is 12.7. The van der Waals surface area contributed by atoms with E-state index < -0.39 is 6.10 Å². The summed E-state index contributed by atoms with van der Waals surface area (Å²) in [7, 11) is 0. The van der Waals surface area contributed by atoms with Crippen LogP contribution in [0.3, 0.4) is 0 Å². The molecule has 314 valence electrons. The quantitative estimate of drug-likeness (QED) is 0.0352. The second-order valence-corrected chi connectivity index (χ2v) is 17.0. The highest BCUT2D eigenvalue weighted by Gasteiger charge is 2.19. The lowest BCUT2D eigenvalue weighted by Crippen LogP contribution is -2.30. The molecule has 0 spiro atoms. The van der Waals surface area contributed by atoms with Crippen LogP contribution in [0.5, 0.6) is 0 Å². The van der Waals surface area contributed by atoms with Gasteiger partial charge in [-0.3, -0.25) is 14.4 Å². The second kappa shape index (κ2) is 40.1. The molecular formula is C47H90O6. The van der Waals surface area contributed by atoms with Crippen LogP contribution in [0.15, 0.2) is 0 Å². The minimum absolute atomic E-state index is 0.0664. The van der Waals surface area contributed by atoms with Crippen molar-refractivity contribution in [2.24, 2.45) is 11.8 Å². The van der Waals surface area contributed by atoms with Gasteiger partial charge >= 0.3 is 17.9 Å². The number of rotatable bonds is 41. The summed E-state index contributed by atoms with van der Waals surface area (Å²) in [6.45, 7) is 11.2. The van der Waals surface area contributed by atoms with Gasteiger partial charge in [0.15, 0.2) is 6.10 Å². The minimum atomic E-state index is -0.761. The van der Waals surface area contributed by atoms with Gasteiger partial charge in [-0.15, -0.1) is 0 Å². The highest BCUT2D eigenvalue weighted by atomic mass is 16.6. The number of ether oxygens (including phenoxy) is 3. The van der Waals surface area contributed by atoms with Crippen molar-refractivity contribution in [1.29, 1.82) is 0 Å². The van der Waals surface area contributed by atoms with Gasteiger partial charge in [0.05, 0.1) is 0 Å². The third-order valence-corrected chi connectivity index (χ3v) is 10.5. The van der Waals surface area contributed by atoms with Gasteiger partial charge in [0.25, 0.3) is 0 Å². The Hall–Kier alpha value is -1.59. The normalized spacial score (nSPS) is 12.1. The van der Waals surface area contributed by atoms with Crippen molar-refractivity contribution in [1.82, 2.24) is 0 Å². The Balaban J connectivity index is 4.29. The van der Waals surface area contributed by atoms with Gasteiger partial charge in [-0.25, -0.2) is 0 Å². The molecule has 0 amide bonds. The van der Waals surface area contributed by atoms with Gasteiger partial charge in [0.1, 0.15) is 13.2 Å². The molecule has 6 nitrogen and oxygen atoms in total. The van der Waals surface area contributed by atoms with E-state index in [0.29, 0.717) is 19.3 Å². The number of hydrogen-bond acceptors (Lipinski definition) is 6. The molecule has 0 aliphatic rings. The number of unbranched alkanes of at least 4 members (excludes halogenated alkanes) is 26. The van der Waals surface area contributed by atoms with E-state index >= 15 is 0 Å². The topological polar surface area (TPSA) is 78.9 Å². The minimum Gasteiger partial charge on any atom is -0.462 e. The first kappa shape index (κ1) is 51.4. The zero-order chi connectivity index (χ0) is 39.0. The third kappa shape index (κ3) is 41.4. The smallest absolute Gasteiger partial charge is 0.306 e. The maximum Gasteiger partial charge on any atom is 0.306 e. The molecule has 0 aromatic rings. The first-order chi connectivity index (χ1) is 25.7. The van der Waals surface area contributed by atoms with Crippen LogP contribution in [0.2, 0.25) is 0 Å². The van der Waals surface area contributed by atoms with Gasteiger partial charge in [0.2, 0.25) is 0 Å². The fourth-order valence-electron chi connectivity index (χ4n) is 6.93. The summed E-state index contributed by atoms with van der Waals surface area (Å²) in [5.74, 6) is 0.682. The molecule has 0 bridgehead atoms. The van der Waals surface area contributed by atoms with Crippen LogP contribution < -0.4 is 0 Å². The first-order valence-corrected chi connectivity index (χ1v) is 23.2. The summed E-state index contributed by atoms with van der Waals surface area (Å²) in [5.41, 5.74) is 0. The largest absolute Gasteiger partial charge is 0.462 e. The van der Waals surface area contributed by atoms with Crippen molar-refractivity contribution in [3.8, 4) is 0 Å². The standard InChI is InChI=1S/C47H90O6/c1-6-7-8-9-10-11-12-13-14-15-16-17-18-21-29-34-39-47(50)53-44(41-52-46(49)38-33-28-24-23-26-31-36-43(4)5)40-51-45(48)37-32-27-22-19-20-25-30-35-42(2)3/h42-44H,6-41H2,1-5H3/t44-/m1/s1. The van der Waals surface area contributed by atoms with Crippen LogP contribution in [-0.2, 0) is 28.6 Å². The molecule has 0 heterocycles. The van der Waals surface area contributed by atoms with Crippen LogP contribution in [0.4, 0.5) is 0 Å². The van der Waals surface area contributed by atoms with Crippen LogP contribution in [0.1, 0.15) is 253 Å². The monoisotopic (exact) mass is 751 g/mol. The Labute approximate surface area is 329 Å². The highest BCUT2D eigenvalue weighted by Crippen LogP contribution is 2.16. The second-order valence-electron chi connectivity index (χ2n) is 17.0. The predicted octanol–water partition coefficient (Wildman–Crippen LogP) is 14.6. The van der Waals surface area contributed by atoms with Gasteiger partial charge in [-0.1, -0.05) is 214 Å². The molecule has 0 aliphatic heterocycles. The van der Waals surface area contributed by atoms with Crippen molar-refractivity contribution in [3.05, 3.63) is 0 Å². The van der Waals surface area contributed by atoms with E-state index in [0.717, 1.165) is 69.6 Å². The van der Waals surface area contributed by atoms with Gasteiger partial charge in [-0.2, -0.15) is 0 Å². The van der Waals surface area contributed by atoms with E-state index in [4.69, 9.17) is 14.2 Å². The number of hydrogen-bond donors (Lipinski definition) is 0. The highest BCUT2D eigenvalue weighted by molar-refractivity contribution is 5.71. The number of carbonyl (C=O) groups excluding carboxylic acids is 3. The van der Waals surface area contributed by atoms with Crippen molar-refractivity contribution in [2.75, 3.05) is 13.2 Å². The van der Waals surface area contributed by atoms with Crippen LogP contribution in [0.25, 0.3) is 0 Å². The van der Waals surface area contributed by atoms with Crippen LogP contribution in [-0.4, -0.2) is 37.2 Å². The van der Waals surface area contributed by atoms with E-state index in [2.05, 4.69) is 34.6 Å². The van der Waals surface area contributed by atoms with Crippen molar-refractivity contribution < 1.29 is 28.6 Å². The molecule has 6 heteroatoms. The Morgan fingerprint density at radius 2 is 0.623 bits per heavy atom. The molecule has 0 saturated carbocycles. The van der Waals surface area contributed by atoms with Gasteiger partial charge < -0.3 is 14.2 Å². The molecule has 0 fully saturated rings. The Kier molecular flexibility index (Phi) is 38.9. The van der Waals surface area contributed by atoms with E-state index in [-0.39, 0.29) is 31.1 Å². The molecule has 0 aromatic heterocycles.